The predicted molar refractivity (Wildman–Crippen MR) is 142 cm³/mol. The summed E-state index contributed by atoms with van der Waals surface area (Å²) < 4.78 is 7.04. The number of benzene rings is 3. The summed E-state index contributed by atoms with van der Waals surface area (Å²) in [5, 5.41) is 10.9. The summed E-state index contributed by atoms with van der Waals surface area (Å²) in [6.07, 6.45) is -0.119. The predicted octanol–water partition coefficient (Wildman–Crippen LogP) is 4.22. The van der Waals surface area contributed by atoms with E-state index in [1.54, 1.807) is 18.7 Å². The number of rotatable bonds is 7. The van der Waals surface area contributed by atoms with Crippen LogP contribution >= 0.6 is 11.8 Å². The second-order valence-corrected chi connectivity index (χ2v) is 10.2. The molecule has 0 radical (unpaired) electrons. The Kier molecular flexibility index (Phi) is 6.96. The lowest BCUT2D eigenvalue weighted by molar-refractivity contribution is -0.00772. The van der Waals surface area contributed by atoms with Crippen molar-refractivity contribution >= 4 is 11.8 Å². The van der Waals surface area contributed by atoms with Gasteiger partial charge in [-0.15, -0.1) is 11.8 Å². The minimum absolute atomic E-state index is 0.269. The summed E-state index contributed by atoms with van der Waals surface area (Å²) in [5.74, 6) is 0.493. The summed E-state index contributed by atoms with van der Waals surface area (Å²) >= 11 is 1.71. The molecule has 1 saturated heterocycles. The van der Waals surface area contributed by atoms with Gasteiger partial charge in [0, 0.05) is 23.9 Å². The number of H-pyrrole nitrogens is 1. The monoisotopic (exact) mass is 500 g/mol. The zero-order valence-corrected chi connectivity index (χ0v) is 20.7. The molecule has 1 aliphatic heterocycles. The molecule has 7 heteroatoms. The van der Waals surface area contributed by atoms with E-state index in [2.05, 4.69) is 41.4 Å². The maximum atomic E-state index is 12.4. The molecular formula is C29H28N2O4S. The highest BCUT2D eigenvalue weighted by molar-refractivity contribution is 8.00. The summed E-state index contributed by atoms with van der Waals surface area (Å²) in [5.41, 5.74) is 2.85. The van der Waals surface area contributed by atoms with E-state index >= 15 is 0 Å². The third-order valence-electron chi connectivity index (χ3n) is 6.67. The molecule has 3 atom stereocenters. The van der Waals surface area contributed by atoms with Crippen molar-refractivity contribution in [1.82, 2.24) is 9.55 Å². The molecule has 0 bridgehead atoms. The van der Waals surface area contributed by atoms with Crippen LogP contribution in [0.15, 0.2) is 107 Å². The smallest absolute Gasteiger partial charge is 0.330 e. The van der Waals surface area contributed by atoms with Gasteiger partial charge in [-0.3, -0.25) is 14.3 Å². The van der Waals surface area contributed by atoms with Gasteiger partial charge >= 0.3 is 5.69 Å². The number of nitrogens with zero attached hydrogens (tertiary/aromatic N) is 1. The van der Waals surface area contributed by atoms with Crippen LogP contribution in [-0.4, -0.2) is 32.6 Å². The topological polar surface area (TPSA) is 84.3 Å². The quantitative estimate of drug-likeness (QED) is 0.371. The summed E-state index contributed by atoms with van der Waals surface area (Å²) in [6, 6.07) is 31.0. The van der Waals surface area contributed by atoms with Crippen LogP contribution in [0.3, 0.4) is 0 Å². The van der Waals surface area contributed by atoms with Gasteiger partial charge in [-0.2, -0.15) is 0 Å². The van der Waals surface area contributed by atoms with E-state index in [-0.39, 0.29) is 6.42 Å². The maximum absolute atomic E-state index is 12.4. The first-order chi connectivity index (χ1) is 17.5. The van der Waals surface area contributed by atoms with Crippen LogP contribution < -0.4 is 11.2 Å². The van der Waals surface area contributed by atoms with Gasteiger partial charge in [-0.1, -0.05) is 91.0 Å². The van der Waals surface area contributed by atoms with Crippen LogP contribution in [0.4, 0.5) is 0 Å². The molecule has 5 rings (SSSR count). The number of nitrogens with one attached hydrogen (secondary N) is 1. The molecule has 36 heavy (non-hydrogen) atoms. The zero-order chi connectivity index (χ0) is 25.1. The Bertz CT molecular complexity index is 1320. The standard InChI is InChI=1S/C29H28N2O4S/c1-20-18-31(28(34)30-27(20)33)26-17-24(32)25(35-26)19-36-29(21-11-5-2-6-12-21,22-13-7-3-8-14-22)23-15-9-4-10-16-23/h2-16,18,24-26,32H,17,19H2,1H3,(H,30,33,34)/t24?,25-,26-/m1/s1. The number of aromatic amines is 1. The van der Waals surface area contributed by atoms with Gasteiger partial charge in [0.15, 0.2) is 0 Å². The number of hydrogen-bond acceptors (Lipinski definition) is 5. The van der Waals surface area contributed by atoms with Gasteiger partial charge < -0.3 is 9.84 Å². The van der Waals surface area contributed by atoms with Crippen LogP contribution in [0.25, 0.3) is 0 Å². The van der Waals surface area contributed by atoms with E-state index in [9.17, 15) is 14.7 Å². The minimum Gasteiger partial charge on any atom is -0.390 e. The van der Waals surface area contributed by atoms with E-state index in [1.165, 1.54) is 10.8 Å². The lowest BCUT2D eigenvalue weighted by Crippen LogP contribution is -2.33. The van der Waals surface area contributed by atoms with Crippen LogP contribution in [0, 0.1) is 6.92 Å². The molecule has 1 unspecified atom stereocenters. The van der Waals surface area contributed by atoms with Gasteiger partial charge in [0.25, 0.3) is 5.56 Å². The van der Waals surface area contributed by atoms with Crippen LogP contribution in [-0.2, 0) is 9.48 Å². The lowest BCUT2D eigenvalue weighted by Gasteiger charge is -2.36. The van der Waals surface area contributed by atoms with Crippen molar-refractivity contribution < 1.29 is 9.84 Å². The van der Waals surface area contributed by atoms with Crippen molar-refractivity contribution in [3.63, 3.8) is 0 Å². The van der Waals surface area contributed by atoms with Crippen LogP contribution in [0.1, 0.15) is 34.9 Å². The van der Waals surface area contributed by atoms with Gasteiger partial charge in [0.1, 0.15) is 6.23 Å². The van der Waals surface area contributed by atoms with Crippen molar-refractivity contribution in [2.24, 2.45) is 0 Å². The van der Waals surface area contributed by atoms with Gasteiger partial charge in [-0.05, 0) is 23.6 Å². The Balaban J connectivity index is 1.50. The molecule has 1 aromatic heterocycles. The number of aromatic nitrogens is 2. The molecule has 1 fully saturated rings. The highest BCUT2D eigenvalue weighted by atomic mass is 32.2. The van der Waals surface area contributed by atoms with Crippen molar-refractivity contribution in [1.29, 1.82) is 0 Å². The number of aliphatic hydroxyl groups excluding tert-OH is 1. The Morgan fingerprint density at radius 2 is 1.42 bits per heavy atom. The number of aryl methyl sites for hydroxylation is 1. The van der Waals surface area contributed by atoms with Crippen molar-refractivity contribution in [3.8, 4) is 0 Å². The number of ether oxygens (including phenoxy) is 1. The summed E-state index contributed by atoms with van der Waals surface area (Å²) in [4.78, 5) is 26.5. The molecule has 184 valence electrons. The van der Waals surface area contributed by atoms with Crippen molar-refractivity contribution in [2.75, 3.05) is 5.75 Å². The second-order valence-electron chi connectivity index (χ2n) is 9.00. The Morgan fingerprint density at radius 1 is 0.917 bits per heavy atom. The summed E-state index contributed by atoms with van der Waals surface area (Å²) in [7, 11) is 0. The molecule has 0 saturated carbocycles. The molecule has 2 heterocycles. The fourth-order valence-corrected chi connectivity index (χ4v) is 6.43. The first-order valence-corrected chi connectivity index (χ1v) is 12.9. The molecule has 0 amide bonds. The molecule has 4 aromatic rings. The third-order valence-corrected chi connectivity index (χ3v) is 8.30. The molecule has 1 aliphatic rings. The van der Waals surface area contributed by atoms with Gasteiger partial charge in [0.2, 0.25) is 0 Å². The minimum atomic E-state index is -0.748. The Hall–Kier alpha value is -3.39. The maximum Gasteiger partial charge on any atom is 0.330 e. The molecule has 0 aliphatic carbocycles. The molecule has 3 aromatic carbocycles. The highest BCUT2D eigenvalue weighted by Gasteiger charge is 2.41. The fraction of sp³-hybridized carbons (Fsp3) is 0.241. The normalized spacial score (nSPS) is 19.9. The number of hydrogen-bond donors (Lipinski definition) is 2. The average molecular weight is 501 g/mol. The van der Waals surface area contributed by atoms with Crippen molar-refractivity contribution in [2.45, 2.75) is 36.5 Å². The Labute approximate surface area is 213 Å². The van der Waals surface area contributed by atoms with E-state index in [4.69, 9.17) is 4.74 Å². The van der Waals surface area contributed by atoms with E-state index < -0.39 is 34.4 Å². The number of aliphatic hydroxyl groups is 1. The highest BCUT2D eigenvalue weighted by Crippen LogP contribution is 2.49. The Morgan fingerprint density at radius 3 is 1.92 bits per heavy atom. The van der Waals surface area contributed by atoms with Gasteiger partial charge in [0.05, 0.1) is 17.0 Å². The fourth-order valence-electron chi connectivity index (χ4n) is 4.81. The van der Waals surface area contributed by atoms with E-state index in [0.717, 1.165) is 16.7 Å². The van der Waals surface area contributed by atoms with Crippen LogP contribution in [0.5, 0.6) is 0 Å². The van der Waals surface area contributed by atoms with Gasteiger partial charge in [-0.25, -0.2) is 4.79 Å². The molecule has 2 N–H and O–H groups in total. The molecule has 0 spiro atoms. The molecular weight excluding hydrogens is 472 g/mol. The van der Waals surface area contributed by atoms with E-state index in [0.29, 0.717) is 11.3 Å². The first-order valence-electron chi connectivity index (χ1n) is 11.9. The van der Waals surface area contributed by atoms with Crippen LogP contribution in [0.2, 0.25) is 0 Å². The summed E-state index contributed by atoms with van der Waals surface area (Å²) in [6.45, 7) is 1.64. The average Bonchev–Trinajstić information content (AvgIpc) is 3.28. The molecule has 6 nitrogen and oxygen atoms in total. The second kappa shape index (κ2) is 10.3. The largest absolute Gasteiger partial charge is 0.390 e. The zero-order valence-electron chi connectivity index (χ0n) is 19.9. The van der Waals surface area contributed by atoms with E-state index in [1.807, 2.05) is 54.6 Å². The number of thioether (sulfide) groups is 1. The third kappa shape index (κ3) is 4.57. The first kappa shape index (κ1) is 24.3. The lowest BCUT2D eigenvalue weighted by atomic mass is 9.84. The van der Waals surface area contributed by atoms with Crippen molar-refractivity contribution in [3.05, 3.63) is 140 Å². The SMILES string of the molecule is Cc1cn([C@H]2CC(O)[C@@H](CSC(c3ccccc3)(c3ccccc3)c3ccccc3)O2)c(=O)[nH]c1=O.